The van der Waals surface area contributed by atoms with Crippen LogP contribution < -0.4 is 4.72 Å². The average Bonchev–Trinajstić information content (AvgIpc) is 2.36. The van der Waals surface area contributed by atoms with Crippen LogP contribution in [-0.2, 0) is 15.8 Å². The van der Waals surface area contributed by atoms with Crippen molar-refractivity contribution in [3.63, 3.8) is 0 Å². The Balaban J connectivity index is 2.89. The average molecular weight is 282 g/mol. The summed E-state index contributed by atoms with van der Waals surface area (Å²) in [5.74, 6) is -0.272. The molecule has 0 bridgehead atoms. The molecule has 0 aromatic heterocycles. The van der Waals surface area contributed by atoms with Crippen molar-refractivity contribution >= 4 is 10.0 Å². The van der Waals surface area contributed by atoms with Gasteiger partial charge in [-0.25, -0.2) is 13.1 Å². The molecule has 1 rings (SSSR count). The maximum atomic E-state index is 12.0. The number of rotatable bonds is 6. The Hall–Kier alpha value is -1.42. The summed E-state index contributed by atoms with van der Waals surface area (Å²) in [5.41, 5.74) is 0.802. The molecule has 0 saturated heterocycles. The molecule has 0 fully saturated rings. The molecule has 0 aliphatic rings. The highest BCUT2D eigenvalue weighted by Gasteiger charge is 2.21. The molecule has 104 valence electrons. The molecule has 0 aliphatic carbocycles. The zero-order valence-corrected chi connectivity index (χ0v) is 11.8. The Morgan fingerprint density at radius 2 is 2.00 bits per heavy atom. The molecule has 0 aliphatic heterocycles. The van der Waals surface area contributed by atoms with E-state index in [2.05, 4.69) is 4.72 Å². The van der Waals surface area contributed by atoms with Gasteiger partial charge in [-0.2, -0.15) is 5.26 Å². The summed E-state index contributed by atoms with van der Waals surface area (Å²) >= 11 is 0. The van der Waals surface area contributed by atoms with Crippen molar-refractivity contribution in [2.75, 3.05) is 6.61 Å². The summed E-state index contributed by atoms with van der Waals surface area (Å²) in [7, 11) is -3.58. The van der Waals surface area contributed by atoms with E-state index in [1.54, 1.807) is 24.3 Å². The molecule has 0 spiro atoms. The Labute approximate surface area is 113 Å². The second-order valence-corrected chi connectivity index (χ2v) is 6.43. The van der Waals surface area contributed by atoms with Gasteiger partial charge in [-0.3, -0.25) is 0 Å². The quantitative estimate of drug-likeness (QED) is 0.814. The molecule has 0 saturated carbocycles. The van der Waals surface area contributed by atoms with E-state index in [0.717, 1.165) is 0 Å². The minimum atomic E-state index is -3.58. The molecule has 2 N–H and O–H groups in total. The zero-order valence-electron chi connectivity index (χ0n) is 11.0. The number of nitrogens with one attached hydrogen (secondary N) is 1. The lowest BCUT2D eigenvalue weighted by Gasteiger charge is -2.20. The van der Waals surface area contributed by atoms with Crippen molar-refractivity contribution in [3.8, 4) is 6.07 Å². The largest absolute Gasteiger partial charge is 0.395 e. The van der Waals surface area contributed by atoms with Crippen molar-refractivity contribution in [1.82, 2.24) is 4.72 Å². The summed E-state index contributed by atoms with van der Waals surface area (Å²) in [5, 5.41) is 18.1. The van der Waals surface area contributed by atoms with Gasteiger partial charge in [0.15, 0.2) is 0 Å². The van der Waals surface area contributed by atoms with E-state index in [9.17, 15) is 8.42 Å². The van der Waals surface area contributed by atoms with Gasteiger partial charge in [-0.1, -0.05) is 32.0 Å². The van der Waals surface area contributed by atoms with Crippen LogP contribution >= 0.6 is 0 Å². The fourth-order valence-electron chi connectivity index (χ4n) is 1.62. The fourth-order valence-corrected chi connectivity index (χ4v) is 3.17. The van der Waals surface area contributed by atoms with Crippen LogP contribution in [0.1, 0.15) is 25.0 Å². The molecular weight excluding hydrogens is 264 g/mol. The van der Waals surface area contributed by atoms with Crippen LogP contribution in [-0.4, -0.2) is 26.2 Å². The lowest BCUT2D eigenvalue weighted by Crippen LogP contribution is -2.41. The summed E-state index contributed by atoms with van der Waals surface area (Å²) < 4.78 is 26.5. The van der Waals surface area contributed by atoms with E-state index in [4.69, 9.17) is 10.4 Å². The van der Waals surface area contributed by atoms with Crippen LogP contribution in [0.25, 0.3) is 0 Å². The van der Waals surface area contributed by atoms with Gasteiger partial charge in [0, 0.05) is 6.04 Å². The highest BCUT2D eigenvalue weighted by molar-refractivity contribution is 7.88. The van der Waals surface area contributed by atoms with Crippen molar-refractivity contribution in [1.29, 1.82) is 5.26 Å². The van der Waals surface area contributed by atoms with Crippen LogP contribution in [0.2, 0.25) is 0 Å². The molecule has 1 atom stereocenters. The van der Waals surface area contributed by atoms with Crippen molar-refractivity contribution in [3.05, 3.63) is 35.4 Å². The molecule has 5 nitrogen and oxygen atoms in total. The van der Waals surface area contributed by atoms with Gasteiger partial charge in [0.1, 0.15) is 0 Å². The fraction of sp³-hybridized carbons (Fsp3) is 0.462. The van der Waals surface area contributed by atoms with Gasteiger partial charge in [0.05, 0.1) is 24.0 Å². The zero-order chi connectivity index (χ0) is 14.5. The Morgan fingerprint density at radius 3 is 2.53 bits per heavy atom. The third-order valence-electron chi connectivity index (χ3n) is 2.82. The predicted molar refractivity (Wildman–Crippen MR) is 72.6 cm³/mol. The van der Waals surface area contributed by atoms with Gasteiger partial charge in [0.2, 0.25) is 10.0 Å². The number of hydrogen-bond acceptors (Lipinski definition) is 4. The first-order chi connectivity index (χ1) is 8.89. The van der Waals surface area contributed by atoms with Crippen LogP contribution in [0.5, 0.6) is 0 Å². The highest BCUT2D eigenvalue weighted by Crippen LogP contribution is 2.12. The van der Waals surface area contributed by atoms with Crippen LogP contribution in [0, 0.1) is 17.2 Å². The van der Waals surface area contributed by atoms with Gasteiger partial charge in [0.25, 0.3) is 0 Å². The van der Waals surface area contributed by atoms with E-state index in [-0.39, 0.29) is 18.3 Å². The summed E-state index contributed by atoms with van der Waals surface area (Å²) in [4.78, 5) is 0. The van der Waals surface area contributed by atoms with Gasteiger partial charge in [-0.05, 0) is 17.5 Å². The third kappa shape index (κ3) is 4.63. The van der Waals surface area contributed by atoms with Gasteiger partial charge in [-0.15, -0.1) is 0 Å². The summed E-state index contributed by atoms with van der Waals surface area (Å²) in [6.45, 7) is 3.40. The predicted octanol–water partition coefficient (Wildman–Crippen LogP) is 0.995. The normalized spacial score (nSPS) is 13.2. The maximum absolute atomic E-state index is 12.0. The lowest BCUT2D eigenvalue weighted by molar-refractivity contribution is 0.227. The van der Waals surface area contributed by atoms with E-state index in [1.165, 1.54) is 0 Å². The van der Waals surface area contributed by atoms with E-state index >= 15 is 0 Å². The number of aliphatic hydroxyl groups excluding tert-OH is 1. The molecule has 1 aromatic carbocycles. The van der Waals surface area contributed by atoms with E-state index in [1.807, 2.05) is 19.9 Å². The Kier molecular flexibility index (Phi) is 5.48. The first-order valence-electron chi connectivity index (χ1n) is 5.98. The van der Waals surface area contributed by atoms with Crippen molar-refractivity contribution in [2.45, 2.75) is 25.6 Å². The number of hydrogen-bond donors (Lipinski definition) is 2. The second-order valence-electron chi connectivity index (χ2n) is 4.68. The Morgan fingerprint density at radius 1 is 1.37 bits per heavy atom. The first kappa shape index (κ1) is 15.6. The van der Waals surface area contributed by atoms with Crippen LogP contribution in [0.4, 0.5) is 0 Å². The monoisotopic (exact) mass is 282 g/mol. The molecule has 1 aromatic rings. The minimum Gasteiger partial charge on any atom is -0.395 e. The van der Waals surface area contributed by atoms with E-state index < -0.39 is 16.1 Å². The first-order valence-corrected chi connectivity index (χ1v) is 7.63. The Bertz CT molecular complexity index is 561. The molecule has 0 heterocycles. The molecule has 0 amide bonds. The summed E-state index contributed by atoms with van der Waals surface area (Å²) in [6.07, 6.45) is 0. The molecular formula is C13H18N2O3S. The van der Waals surface area contributed by atoms with Crippen molar-refractivity contribution < 1.29 is 13.5 Å². The maximum Gasteiger partial charge on any atom is 0.216 e. The molecule has 1 unspecified atom stereocenters. The molecule has 6 heteroatoms. The van der Waals surface area contributed by atoms with Crippen LogP contribution in [0.15, 0.2) is 24.3 Å². The standard InChI is InChI=1S/C13H18N2O3S/c1-10(2)13(8-16)15-19(17,18)9-12-6-4-3-5-11(12)7-14/h3-6,10,13,15-16H,8-9H2,1-2H3. The summed E-state index contributed by atoms with van der Waals surface area (Å²) in [6, 6.07) is 8.02. The topological polar surface area (TPSA) is 90.2 Å². The third-order valence-corrected chi connectivity index (χ3v) is 4.17. The minimum absolute atomic E-state index is 0.00835. The van der Waals surface area contributed by atoms with Gasteiger partial charge >= 0.3 is 0 Å². The molecule has 19 heavy (non-hydrogen) atoms. The number of benzene rings is 1. The molecule has 0 radical (unpaired) electrons. The second kappa shape index (κ2) is 6.66. The van der Waals surface area contributed by atoms with Crippen LogP contribution in [0.3, 0.4) is 0 Å². The smallest absolute Gasteiger partial charge is 0.216 e. The lowest BCUT2D eigenvalue weighted by atomic mass is 10.1. The number of nitrogens with zero attached hydrogens (tertiary/aromatic N) is 1. The van der Waals surface area contributed by atoms with E-state index in [0.29, 0.717) is 11.1 Å². The number of nitriles is 1. The number of aliphatic hydroxyl groups is 1. The van der Waals surface area contributed by atoms with Gasteiger partial charge < -0.3 is 5.11 Å². The number of sulfonamides is 1. The SMILES string of the molecule is CC(C)C(CO)NS(=O)(=O)Cc1ccccc1C#N. The highest BCUT2D eigenvalue weighted by atomic mass is 32.2. The van der Waals surface area contributed by atoms with Crippen molar-refractivity contribution in [2.24, 2.45) is 5.92 Å².